The predicted octanol–water partition coefficient (Wildman–Crippen LogP) is 2.60. The molecule has 0 saturated carbocycles. The maximum absolute atomic E-state index is 10.3. The van der Waals surface area contributed by atoms with Crippen LogP contribution in [0.4, 0.5) is 11.6 Å². The van der Waals surface area contributed by atoms with Gasteiger partial charge in [-0.2, -0.15) is 9.61 Å². The Morgan fingerprint density at radius 1 is 1.29 bits per heavy atom. The van der Waals surface area contributed by atoms with Crippen molar-refractivity contribution in [1.82, 2.24) is 19.9 Å². The summed E-state index contributed by atoms with van der Waals surface area (Å²) >= 11 is 0. The summed E-state index contributed by atoms with van der Waals surface area (Å²) in [6.45, 7) is 6.48. The molecule has 3 heterocycles. The number of aliphatic hydroxyl groups is 1. The van der Waals surface area contributed by atoms with Crippen LogP contribution in [0.1, 0.15) is 37.3 Å². The number of hydrogen-bond donors (Lipinski definition) is 4. The highest BCUT2D eigenvalue weighted by atomic mass is 16.3. The summed E-state index contributed by atoms with van der Waals surface area (Å²) in [6, 6.07) is 12.2. The molecule has 2 atom stereocenters. The zero-order valence-electron chi connectivity index (χ0n) is 16.4. The van der Waals surface area contributed by atoms with E-state index < -0.39 is 6.10 Å². The van der Waals surface area contributed by atoms with Gasteiger partial charge in [-0.15, -0.1) is 0 Å². The first-order chi connectivity index (χ1) is 13.6. The fraction of sp³-hybridized carbons (Fsp3) is 0.429. The van der Waals surface area contributed by atoms with Crippen LogP contribution in [0.15, 0.2) is 42.6 Å². The number of anilines is 2. The highest BCUT2D eigenvalue weighted by molar-refractivity contribution is 5.61. The maximum atomic E-state index is 10.3. The highest BCUT2D eigenvalue weighted by Gasteiger charge is 2.23. The molecule has 4 N–H and O–H groups in total. The number of nitrogens with one attached hydrogen (secondary N) is 3. The average Bonchev–Trinajstić information content (AvgIpc) is 3.13. The number of hydrogen-bond acceptors (Lipinski definition) is 6. The topological polar surface area (TPSA) is 86.5 Å². The van der Waals surface area contributed by atoms with Crippen molar-refractivity contribution >= 4 is 17.3 Å². The summed E-state index contributed by atoms with van der Waals surface area (Å²) in [4.78, 5) is 4.82. The molecular weight excluding hydrogens is 352 g/mol. The van der Waals surface area contributed by atoms with Crippen molar-refractivity contribution in [3.8, 4) is 0 Å². The Labute approximate surface area is 165 Å². The molecule has 0 aliphatic carbocycles. The van der Waals surface area contributed by atoms with Gasteiger partial charge in [0.05, 0.1) is 18.3 Å². The number of nitrogens with zero attached hydrogens (tertiary/aromatic N) is 3. The Hall–Kier alpha value is -2.64. The van der Waals surface area contributed by atoms with Gasteiger partial charge in [0.1, 0.15) is 11.6 Å². The molecule has 7 nitrogen and oxygen atoms in total. The summed E-state index contributed by atoms with van der Waals surface area (Å²) in [6.07, 6.45) is 2.32. The fourth-order valence-corrected chi connectivity index (χ4v) is 3.58. The van der Waals surface area contributed by atoms with Gasteiger partial charge in [-0.25, -0.2) is 4.98 Å². The minimum Gasteiger partial charge on any atom is -0.390 e. The van der Waals surface area contributed by atoms with Crippen molar-refractivity contribution in [2.45, 2.75) is 44.9 Å². The van der Waals surface area contributed by atoms with Crippen LogP contribution < -0.4 is 16.0 Å². The predicted molar refractivity (Wildman–Crippen MR) is 112 cm³/mol. The van der Waals surface area contributed by atoms with Gasteiger partial charge in [0.25, 0.3) is 0 Å². The monoisotopic (exact) mass is 380 g/mol. The first-order valence-corrected chi connectivity index (χ1v) is 9.93. The Kier molecular flexibility index (Phi) is 5.45. The van der Waals surface area contributed by atoms with Gasteiger partial charge < -0.3 is 21.1 Å². The zero-order chi connectivity index (χ0) is 19.5. The SMILES string of the molecule is CC(C)c1cnn2c(NCc3ccccc3)cc(N[C@@H]3CCNC[C@H]3O)nc12. The Morgan fingerprint density at radius 3 is 2.86 bits per heavy atom. The summed E-state index contributed by atoms with van der Waals surface area (Å²) in [5.74, 6) is 1.97. The zero-order valence-corrected chi connectivity index (χ0v) is 16.4. The molecular formula is C21H28N6O. The lowest BCUT2D eigenvalue weighted by molar-refractivity contribution is 0.128. The smallest absolute Gasteiger partial charge is 0.163 e. The number of benzene rings is 1. The Morgan fingerprint density at radius 2 is 2.11 bits per heavy atom. The van der Waals surface area contributed by atoms with Crippen LogP contribution in [-0.4, -0.2) is 44.9 Å². The standard InChI is InChI=1S/C21H28N6O/c1-14(2)16-12-24-27-20(23-11-15-6-4-3-5-7-15)10-19(26-21(16)27)25-17-8-9-22-13-18(17)28/h3-7,10,12,14,17-18,22-23,28H,8-9,11,13H2,1-2H3,(H,25,26)/t17-,18-/m1/s1. The lowest BCUT2D eigenvalue weighted by Gasteiger charge is -2.29. The van der Waals surface area contributed by atoms with E-state index >= 15 is 0 Å². The quantitative estimate of drug-likeness (QED) is 0.526. The van der Waals surface area contributed by atoms with E-state index in [2.05, 4.69) is 47.0 Å². The van der Waals surface area contributed by atoms with Crippen molar-refractivity contribution in [1.29, 1.82) is 0 Å². The molecule has 7 heteroatoms. The molecule has 0 amide bonds. The highest BCUT2D eigenvalue weighted by Crippen LogP contribution is 2.25. The third-order valence-electron chi connectivity index (χ3n) is 5.22. The molecule has 0 bridgehead atoms. The van der Waals surface area contributed by atoms with Crippen LogP contribution in [0.5, 0.6) is 0 Å². The Balaban J connectivity index is 1.65. The second-order valence-corrected chi connectivity index (χ2v) is 7.67. The number of aromatic nitrogens is 3. The molecule has 1 aliphatic rings. The van der Waals surface area contributed by atoms with Gasteiger partial charge in [-0.1, -0.05) is 44.2 Å². The van der Waals surface area contributed by atoms with Crippen molar-refractivity contribution in [2.75, 3.05) is 23.7 Å². The molecule has 148 valence electrons. The van der Waals surface area contributed by atoms with Crippen molar-refractivity contribution in [3.05, 3.63) is 53.7 Å². The second-order valence-electron chi connectivity index (χ2n) is 7.67. The first kappa shape index (κ1) is 18.7. The number of aliphatic hydroxyl groups excluding tert-OH is 1. The van der Waals surface area contributed by atoms with Gasteiger partial charge in [0.2, 0.25) is 0 Å². The molecule has 0 radical (unpaired) electrons. The average molecular weight is 380 g/mol. The van der Waals surface area contributed by atoms with Crippen LogP contribution in [0.3, 0.4) is 0 Å². The normalized spacial score (nSPS) is 19.9. The Bertz CT molecular complexity index is 923. The number of fused-ring (bicyclic) bond motifs is 1. The van der Waals surface area contributed by atoms with Crippen LogP contribution >= 0.6 is 0 Å². The summed E-state index contributed by atoms with van der Waals surface area (Å²) in [7, 11) is 0. The van der Waals surface area contributed by atoms with Crippen LogP contribution in [0, 0.1) is 0 Å². The lowest BCUT2D eigenvalue weighted by Crippen LogP contribution is -2.47. The van der Waals surface area contributed by atoms with E-state index in [0.29, 0.717) is 19.0 Å². The summed E-state index contributed by atoms with van der Waals surface area (Å²) in [5.41, 5.74) is 3.16. The van der Waals surface area contributed by atoms with E-state index in [9.17, 15) is 5.11 Å². The molecule has 2 aromatic heterocycles. The molecule has 1 aliphatic heterocycles. The second kappa shape index (κ2) is 8.16. The van der Waals surface area contributed by atoms with E-state index in [4.69, 9.17) is 4.98 Å². The van der Waals surface area contributed by atoms with E-state index in [1.54, 1.807) is 0 Å². The minimum absolute atomic E-state index is 0.0106. The van der Waals surface area contributed by atoms with Gasteiger partial charge in [0.15, 0.2) is 5.65 Å². The van der Waals surface area contributed by atoms with Crippen LogP contribution in [0.2, 0.25) is 0 Å². The molecule has 0 unspecified atom stereocenters. The van der Waals surface area contributed by atoms with Crippen molar-refractivity contribution in [2.24, 2.45) is 0 Å². The molecule has 4 rings (SSSR count). The van der Waals surface area contributed by atoms with Gasteiger partial charge >= 0.3 is 0 Å². The van der Waals surface area contributed by atoms with E-state index in [-0.39, 0.29) is 6.04 Å². The first-order valence-electron chi connectivity index (χ1n) is 9.93. The lowest BCUT2D eigenvalue weighted by atomic mass is 10.0. The number of β-amino-alcohol motifs (C(OH)–C–C–N with tert-alkyl or cyclic N) is 1. The van der Waals surface area contributed by atoms with Crippen molar-refractivity contribution < 1.29 is 5.11 Å². The van der Waals surface area contributed by atoms with E-state index in [0.717, 1.165) is 35.8 Å². The molecule has 1 aromatic carbocycles. The van der Waals surface area contributed by atoms with E-state index in [1.807, 2.05) is 35.0 Å². The largest absolute Gasteiger partial charge is 0.390 e. The number of rotatable bonds is 6. The van der Waals surface area contributed by atoms with Gasteiger partial charge in [-0.05, 0) is 24.4 Å². The van der Waals surface area contributed by atoms with Crippen molar-refractivity contribution in [3.63, 3.8) is 0 Å². The van der Waals surface area contributed by atoms with E-state index in [1.165, 1.54) is 5.56 Å². The number of piperidine rings is 1. The molecule has 3 aromatic rings. The van der Waals surface area contributed by atoms with Crippen LogP contribution in [0.25, 0.3) is 5.65 Å². The molecule has 1 saturated heterocycles. The molecule has 0 spiro atoms. The van der Waals surface area contributed by atoms with Crippen LogP contribution in [-0.2, 0) is 6.54 Å². The summed E-state index contributed by atoms with van der Waals surface area (Å²) < 4.78 is 1.86. The molecule has 1 fully saturated rings. The summed E-state index contributed by atoms with van der Waals surface area (Å²) in [5, 5.41) is 25.0. The van der Waals surface area contributed by atoms with Gasteiger partial charge in [0, 0.05) is 24.7 Å². The van der Waals surface area contributed by atoms with Gasteiger partial charge in [-0.3, -0.25) is 0 Å². The minimum atomic E-state index is -0.429. The third kappa shape index (κ3) is 3.95. The fourth-order valence-electron chi connectivity index (χ4n) is 3.58. The maximum Gasteiger partial charge on any atom is 0.163 e. The molecule has 28 heavy (non-hydrogen) atoms. The third-order valence-corrected chi connectivity index (χ3v) is 5.22.